The zero-order chi connectivity index (χ0) is 17.6. The maximum Gasteiger partial charge on any atom is 0.0564 e. The second kappa shape index (κ2) is 8.50. The Morgan fingerprint density at radius 1 is 1.08 bits per heavy atom. The topological polar surface area (TPSA) is 35.5 Å². The van der Waals surface area contributed by atoms with Crippen LogP contribution in [0.25, 0.3) is 0 Å². The SMILES string of the molecule is CCc1ccc(C(C)Nc2ccccc2CN2CCC(O)CC2)cc1. The summed E-state index contributed by atoms with van der Waals surface area (Å²) in [6, 6.07) is 17.8. The van der Waals surface area contributed by atoms with Crippen LogP contribution in [0, 0.1) is 0 Å². The van der Waals surface area contributed by atoms with Gasteiger partial charge in [-0.2, -0.15) is 0 Å². The fourth-order valence-corrected chi connectivity index (χ4v) is 3.48. The lowest BCUT2D eigenvalue weighted by Crippen LogP contribution is -2.35. The van der Waals surface area contributed by atoms with Crippen LogP contribution in [0.5, 0.6) is 0 Å². The highest BCUT2D eigenvalue weighted by atomic mass is 16.3. The third-order valence-electron chi connectivity index (χ3n) is 5.23. The Bertz CT molecular complexity index is 660. The summed E-state index contributed by atoms with van der Waals surface area (Å²) >= 11 is 0. The van der Waals surface area contributed by atoms with Gasteiger partial charge in [-0.1, -0.05) is 49.4 Å². The number of aliphatic hydroxyl groups excluding tert-OH is 1. The number of nitrogens with one attached hydrogen (secondary N) is 1. The number of aryl methyl sites for hydroxylation is 1. The van der Waals surface area contributed by atoms with Crippen LogP contribution in [0.2, 0.25) is 0 Å². The van der Waals surface area contributed by atoms with Crippen LogP contribution in [-0.4, -0.2) is 29.2 Å². The molecule has 0 saturated carbocycles. The predicted octanol–water partition coefficient (Wildman–Crippen LogP) is 4.38. The number of para-hydroxylation sites is 1. The first-order valence-corrected chi connectivity index (χ1v) is 9.49. The predicted molar refractivity (Wildman–Crippen MR) is 105 cm³/mol. The number of piperidine rings is 1. The maximum absolute atomic E-state index is 9.69. The third kappa shape index (κ3) is 4.83. The number of hydrogen-bond acceptors (Lipinski definition) is 3. The third-order valence-corrected chi connectivity index (χ3v) is 5.23. The highest BCUT2D eigenvalue weighted by Gasteiger charge is 2.18. The van der Waals surface area contributed by atoms with Crippen molar-refractivity contribution in [2.24, 2.45) is 0 Å². The number of rotatable bonds is 6. The normalized spacial score (nSPS) is 17.4. The molecule has 134 valence electrons. The van der Waals surface area contributed by atoms with E-state index in [-0.39, 0.29) is 12.1 Å². The molecule has 1 unspecified atom stereocenters. The van der Waals surface area contributed by atoms with Gasteiger partial charge in [0.25, 0.3) is 0 Å². The Morgan fingerprint density at radius 3 is 2.44 bits per heavy atom. The van der Waals surface area contributed by atoms with E-state index in [0.717, 1.165) is 38.9 Å². The molecule has 1 atom stereocenters. The summed E-state index contributed by atoms with van der Waals surface area (Å²) in [5.74, 6) is 0. The summed E-state index contributed by atoms with van der Waals surface area (Å²) in [6.45, 7) is 7.30. The molecule has 2 N–H and O–H groups in total. The largest absolute Gasteiger partial charge is 0.393 e. The average molecular weight is 338 g/mol. The second-order valence-electron chi connectivity index (χ2n) is 7.13. The lowest BCUT2D eigenvalue weighted by Gasteiger charge is -2.30. The van der Waals surface area contributed by atoms with Crippen LogP contribution in [0.3, 0.4) is 0 Å². The first kappa shape index (κ1) is 18.0. The fourth-order valence-electron chi connectivity index (χ4n) is 3.48. The van der Waals surface area contributed by atoms with Crippen LogP contribution in [0.15, 0.2) is 48.5 Å². The van der Waals surface area contributed by atoms with E-state index in [1.807, 2.05) is 0 Å². The Kier molecular flexibility index (Phi) is 6.11. The van der Waals surface area contributed by atoms with Gasteiger partial charge in [0, 0.05) is 31.4 Å². The van der Waals surface area contributed by atoms with Crippen molar-refractivity contribution < 1.29 is 5.11 Å². The molecule has 0 radical (unpaired) electrons. The first-order valence-electron chi connectivity index (χ1n) is 9.49. The van der Waals surface area contributed by atoms with Crippen LogP contribution in [-0.2, 0) is 13.0 Å². The number of aliphatic hydroxyl groups is 1. The Morgan fingerprint density at radius 2 is 1.76 bits per heavy atom. The van der Waals surface area contributed by atoms with Gasteiger partial charge in [0.05, 0.1) is 6.10 Å². The highest BCUT2D eigenvalue weighted by molar-refractivity contribution is 5.52. The molecule has 0 bridgehead atoms. The van der Waals surface area contributed by atoms with Gasteiger partial charge >= 0.3 is 0 Å². The van der Waals surface area contributed by atoms with E-state index < -0.39 is 0 Å². The molecule has 1 heterocycles. The van der Waals surface area contributed by atoms with E-state index in [1.165, 1.54) is 22.4 Å². The van der Waals surface area contributed by atoms with Gasteiger partial charge in [-0.15, -0.1) is 0 Å². The number of benzene rings is 2. The lowest BCUT2D eigenvalue weighted by molar-refractivity contribution is 0.0793. The van der Waals surface area contributed by atoms with Gasteiger partial charge in [0.2, 0.25) is 0 Å². The average Bonchev–Trinajstić information content (AvgIpc) is 2.65. The van der Waals surface area contributed by atoms with Gasteiger partial charge in [-0.25, -0.2) is 0 Å². The minimum absolute atomic E-state index is 0.115. The molecule has 25 heavy (non-hydrogen) atoms. The van der Waals surface area contributed by atoms with E-state index in [0.29, 0.717) is 0 Å². The van der Waals surface area contributed by atoms with Crippen LogP contribution in [0.1, 0.15) is 49.4 Å². The van der Waals surface area contributed by atoms with Crippen molar-refractivity contribution in [3.8, 4) is 0 Å². The summed E-state index contributed by atoms with van der Waals surface area (Å²) in [7, 11) is 0. The number of nitrogens with zero attached hydrogens (tertiary/aromatic N) is 1. The Hall–Kier alpha value is -1.84. The van der Waals surface area contributed by atoms with Crippen LogP contribution in [0.4, 0.5) is 5.69 Å². The summed E-state index contributed by atoms with van der Waals surface area (Å²) < 4.78 is 0. The lowest BCUT2D eigenvalue weighted by atomic mass is 10.0. The van der Waals surface area contributed by atoms with Crippen molar-refractivity contribution in [1.82, 2.24) is 4.90 Å². The van der Waals surface area contributed by atoms with E-state index in [9.17, 15) is 5.11 Å². The van der Waals surface area contributed by atoms with Crippen molar-refractivity contribution in [2.75, 3.05) is 18.4 Å². The summed E-state index contributed by atoms with van der Waals surface area (Å²) in [5.41, 5.74) is 5.23. The van der Waals surface area contributed by atoms with Gasteiger partial charge in [-0.05, 0) is 48.9 Å². The summed E-state index contributed by atoms with van der Waals surface area (Å²) in [6.07, 6.45) is 2.73. The molecule has 1 fully saturated rings. The minimum atomic E-state index is -0.115. The minimum Gasteiger partial charge on any atom is -0.393 e. The molecule has 1 saturated heterocycles. The highest BCUT2D eigenvalue weighted by Crippen LogP contribution is 2.25. The molecule has 3 rings (SSSR count). The molecular weight excluding hydrogens is 308 g/mol. The van der Waals surface area contributed by atoms with Crippen LogP contribution >= 0.6 is 0 Å². The van der Waals surface area contributed by atoms with Crippen molar-refractivity contribution in [3.05, 3.63) is 65.2 Å². The van der Waals surface area contributed by atoms with E-state index in [4.69, 9.17) is 0 Å². The Balaban J connectivity index is 1.67. The quantitative estimate of drug-likeness (QED) is 0.820. The smallest absolute Gasteiger partial charge is 0.0564 e. The molecule has 0 spiro atoms. The molecule has 2 aromatic carbocycles. The second-order valence-corrected chi connectivity index (χ2v) is 7.13. The molecule has 1 aliphatic heterocycles. The zero-order valence-corrected chi connectivity index (χ0v) is 15.4. The number of anilines is 1. The van der Waals surface area contributed by atoms with Crippen molar-refractivity contribution in [1.29, 1.82) is 0 Å². The van der Waals surface area contributed by atoms with Gasteiger partial charge in [0.1, 0.15) is 0 Å². The number of hydrogen-bond donors (Lipinski definition) is 2. The molecule has 0 aliphatic carbocycles. The monoisotopic (exact) mass is 338 g/mol. The summed E-state index contributed by atoms with van der Waals surface area (Å²) in [5, 5.41) is 13.4. The van der Waals surface area contributed by atoms with E-state index in [2.05, 4.69) is 72.6 Å². The maximum atomic E-state index is 9.69. The fraction of sp³-hybridized carbons (Fsp3) is 0.455. The van der Waals surface area contributed by atoms with Crippen molar-refractivity contribution >= 4 is 5.69 Å². The van der Waals surface area contributed by atoms with E-state index >= 15 is 0 Å². The van der Waals surface area contributed by atoms with Gasteiger partial charge < -0.3 is 10.4 Å². The number of likely N-dealkylation sites (tertiary alicyclic amines) is 1. The molecule has 3 heteroatoms. The molecule has 0 amide bonds. The van der Waals surface area contributed by atoms with Gasteiger partial charge in [0.15, 0.2) is 0 Å². The first-order chi connectivity index (χ1) is 12.2. The van der Waals surface area contributed by atoms with Gasteiger partial charge in [-0.3, -0.25) is 4.90 Å². The molecule has 0 aromatic heterocycles. The van der Waals surface area contributed by atoms with Crippen LogP contribution < -0.4 is 5.32 Å². The zero-order valence-electron chi connectivity index (χ0n) is 15.4. The Labute approximate surface area is 151 Å². The van der Waals surface area contributed by atoms with Crippen molar-refractivity contribution in [3.63, 3.8) is 0 Å². The molecule has 1 aliphatic rings. The standard InChI is InChI=1S/C22H30N2O/c1-3-18-8-10-19(11-9-18)17(2)23-22-7-5-4-6-20(22)16-24-14-12-21(25)13-15-24/h4-11,17,21,23,25H,3,12-16H2,1-2H3. The summed E-state index contributed by atoms with van der Waals surface area (Å²) in [4.78, 5) is 2.44. The van der Waals surface area contributed by atoms with E-state index in [1.54, 1.807) is 0 Å². The molecular formula is C22H30N2O. The van der Waals surface area contributed by atoms with Crippen molar-refractivity contribution in [2.45, 2.75) is 51.8 Å². The molecule has 2 aromatic rings. The molecule has 3 nitrogen and oxygen atoms in total.